The van der Waals surface area contributed by atoms with Crippen LogP contribution in [0, 0.1) is 0 Å². The Morgan fingerprint density at radius 3 is 3.00 bits per heavy atom. The molecular formula is C14H12BrN3O2. The van der Waals surface area contributed by atoms with Crippen molar-refractivity contribution in [3.05, 3.63) is 46.5 Å². The number of aryl methyl sites for hydroxylation is 1. The average Bonchev–Trinajstić information content (AvgIpc) is 2.46. The molecule has 3 rings (SSSR count). The van der Waals surface area contributed by atoms with E-state index in [9.17, 15) is 4.79 Å². The Bertz CT molecular complexity index is 646. The number of benzene rings is 1. The van der Waals surface area contributed by atoms with Crippen LogP contribution in [0.5, 0.6) is 5.75 Å². The maximum Gasteiger partial charge on any atom is 0.224 e. The first-order valence-corrected chi connectivity index (χ1v) is 7.01. The molecule has 0 fully saturated rings. The van der Waals surface area contributed by atoms with Gasteiger partial charge in [0.15, 0.2) is 0 Å². The van der Waals surface area contributed by atoms with Gasteiger partial charge in [-0.1, -0.05) is 15.9 Å². The highest BCUT2D eigenvalue weighted by Gasteiger charge is 2.19. The van der Waals surface area contributed by atoms with Crippen molar-refractivity contribution < 1.29 is 9.53 Å². The number of hydrogen-bond acceptors (Lipinski definition) is 4. The Labute approximate surface area is 124 Å². The summed E-state index contributed by atoms with van der Waals surface area (Å²) >= 11 is 3.46. The largest absolute Gasteiger partial charge is 0.485 e. The molecule has 1 N–H and O–H groups in total. The van der Waals surface area contributed by atoms with Gasteiger partial charge in [0.1, 0.15) is 12.4 Å². The summed E-state index contributed by atoms with van der Waals surface area (Å²) in [5.74, 6) is 0.664. The highest BCUT2D eigenvalue weighted by Crippen LogP contribution is 2.36. The zero-order chi connectivity index (χ0) is 13.9. The van der Waals surface area contributed by atoms with Gasteiger partial charge in [-0.2, -0.15) is 0 Å². The van der Waals surface area contributed by atoms with Gasteiger partial charge in [-0.05, 0) is 24.1 Å². The maximum atomic E-state index is 11.5. The lowest BCUT2D eigenvalue weighted by Gasteiger charge is -2.20. The molecule has 0 atom stereocenters. The van der Waals surface area contributed by atoms with E-state index in [0.29, 0.717) is 18.8 Å². The van der Waals surface area contributed by atoms with Crippen LogP contribution >= 0.6 is 15.9 Å². The van der Waals surface area contributed by atoms with Crippen molar-refractivity contribution in [3.63, 3.8) is 0 Å². The van der Waals surface area contributed by atoms with Gasteiger partial charge in [0.05, 0.1) is 17.6 Å². The van der Waals surface area contributed by atoms with E-state index < -0.39 is 0 Å². The van der Waals surface area contributed by atoms with Gasteiger partial charge in [-0.15, -0.1) is 0 Å². The van der Waals surface area contributed by atoms with Crippen molar-refractivity contribution in [2.75, 3.05) is 5.32 Å². The van der Waals surface area contributed by atoms with Crippen LogP contribution in [-0.4, -0.2) is 15.9 Å². The lowest BCUT2D eigenvalue weighted by atomic mass is 10.0. The number of carbonyl (C=O) groups is 1. The lowest BCUT2D eigenvalue weighted by Crippen LogP contribution is -2.20. The fraction of sp³-hybridized carbons (Fsp3) is 0.214. The van der Waals surface area contributed by atoms with Crippen LogP contribution in [0.2, 0.25) is 0 Å². The molecule has 0 saturated carbocycles. The van der Waals surface area contributed by atoms with Crippen molar-refractivity contribution in [2.24, 2.45) is 0 Å². The summed E-state index contributed by atoms with van der Waals surface area (Å²) in [5, 5.41) is 2.87. The third-order valence-electron chi connectivity index (χ3n) is 3.03. The summed E-state index contributed by atoms with van der Waals surface area (Å²) in [6, 6.07) is 3.85. The maximum absolute atomic E-state index is 11.5. The molecule has 0 aliphatic carbocycles. The second-order valence-electron chi connectivity index (χ2n) is 4.47. The van der Waals surface area contributed by atoms with Crippen molar-refractivity contribution >= 4 is 27.5 Å². The van der Waals surface area contributed by atoms with Gasteiger partial charge < -0.3 is 10.1 Å². The number of amides is 1. The number of anilines is 1. The summed E-state index contributed by atoms with van der Waals surface area (Å²) in [6.07, 6.45) is 6.12. The average molecular weight is 334 g/mol. The fourth-order valence-electron chi connectivity index (χ4n) is 2.10. The molecule has 0 saturated heterocycles. The van der Waals surface area contributed by atoms with Crippen LogP contribution in [0.1, 0.15) is 17.7 Å². The predicted octanol–water partition coefficient (Wildman–Crippen LogP) is 2.70. The molecule has 5 nitrogen and oxygen atoms in total. The molecule has 0 radical (unpaired) electrons. The molecule has 0 unspecified atom stereocenters. The van der Waals surface area contributed by atoms with Crippen LogP contribution in [0.25, 0.3) is 0 Å². The van der Waals surface area contributed by atoms with Crippen molar-refractivity contribution in [2.45, 2.75) is 19.4 Å². The quantitative estimate of drug-likeness (QED) is 0.937. The second kappa shape index (κ2) is 5.58. The minimum atomic E-state index is 0.0178. The van der Waals surface area contributed by atoms with Crippen LogP contribution in [-0.2, 0) is 17.8 Å². The first-order valence-electron chi connectivity index (χ1n) is 6.22. The summed E-state index contributed by atoms with van der Waals surface area (Å²) < 4.78 is 6.70. The van der Waals surface area contributed by atoms with Crippen LogP contribution < -0.4 is 10.1 Å². The summed E-state index contributed by atoms with van der Waals surface area (Å²) in [6.45, 7) is 0.312. The Balaban J connectivity index is 1.85. The fourth-order valence-corrected chi connectivity index (χ4v) is 2.58. The second-order valence-corrected chi connectivity index (χ2v) is 5.39. The van der Waals surface area contributed by atoms with Gasteiger partial charge in [-0.3, -0.25) is 14.8 Å². The highest BCUT2D eigenvalue weighted by molar-refractivity contribution is 9.10. The lowest BCUT2D eigenvalue weighted by molar-refractivity contribution is -0.116. The zero-order valence-electron chi connectivity index (χ0n) is 10.6. The molecule has 0 spiro atoms. The van der Waals surface area contributed by atoms with Crippen molar-refractivity contribution in [1.29, 1.82) is 0 Å². The number of rotatable bonds is 3. The number of fused-ring (bicyclic) bond motifs is 1. The minimum absolute atomic E-state index is 0.0178. The number of nitrogens with one attached hydrogen (secondary N) is 1. The first kappa shape index (κ1) is 13.1. The van der Waals surface area contributed by atoms with Gasteiger partial charge in [0.25, 0.3) is 0 Å². The predicted molar refractivity (Wildman–Crippen MR) is 77.5 cm³/mol. The Hall–Kier alpha value is -1.95. The monoisotopic (exact) mass is 333 g/mol. The molecule has 1 aromatic carbocycles. The molecule has 1 aliphatic rings. The summed E-state index contributed by atoms with van der Waals surface area (Å²) in [5.41, 5.74) is 2.57. The van der Waals surface area contributed by atoms with Crippen LogP contribution in [0.4, 0.5) is 5.69 Å². The molecule has 20 heavy (non-hydrogen) atoms. The number of ether oxygens (including phenoxy) is 1. The number of halogens is 1. The molecule has 2 aromatic rings. The number of aromatic nitrogens is 2. The number of hydrogen-bond donors (Lipinski definition) is 1. The Morgan fingerprint density at radius 1 is 1.30 bits per heavy atom. The van der Waals surface area contributed by atoms with Crippen LogP contribution in [0.15, 0.2) is 35.2 Å². The van der Waals surface area contributed by atoms with E-state index in [2.05, 4.69) is 31.2 Å². The standard InChI is InChI=1S/C14H12BrN3O2/c15-10-5-9-1-2-13(19)18-14(9)12(6-10)20-8-11-7-16-3-4-17-11/h3-7H,1-2,8H2,(H,18,19). The number of nitrogens with zero attached hydrogens (tertiary/aromatic N) is 2. The Morgan fingerprint density at radius 2 is 2.20 bits per heavy atom. The minimum Gasteiger partial charge on any atom is -0.485 e. The van der Waals surface area contributed by atoms with E-state index in [1.54, 1.807) is 18.6 Å². The van der Waals surface area contributed by atoms with E-state index in [1.165, 1.54) is 0 Å². The number of carbonyl (C=O) groups excluding carboxylic acids is 1. The molecule has 1 aliphatic heterocycles. The van der Waals surface area contributed by atoms with Crippen LogP contribution in [0.3, 0.4) is 0 Å². The molecule has 1 aromatic heterocycles. The van der Waals surface area contributed by atoms with E-state index in [4.69, 9.17) is 4.74 Å². The SMILES string of the molecule is O=C1CCc2cc(Br)cc(OCc3cnccn3)c2N1. The van der Waals surface area contributed by atoms with Gasteiger partial charge in [0.2, 0.25) is 5.91 Å². The van der Waals surface area contributed by atoms with Crippen molar-refractivity contribution in [3.8, 4) is 5.75 Å². The van der Waals surface area contributed by atoms with Gasteiger partial charge in [0, 0.05) is 23.3 Å². The molecular weight excluding hydrogens is 322 g/mol. The first-order chi connectivity index (χ1) is 9.72. The van der Waals surface area contributed by atoms with E-state index in [0.717, 1.165) is 27.8 Å². The Kier molecular flexibility index (Phi) is 3.64. The van der Waals surface area contributed by atoms with E-state index >= 15 is 0 Å². The van der Waals surface area contributed by atoms with E-state index in [1.807, 2.05) is 12.1 Å². The topological polar surface area (TPSA) is 64.1 Å². The summed E-state index contributed by atoms with van der Waals surface area (Å²) in [7, 11) is 0. The molecule has 0 bridgehead atoms. The van der Waals surface area contributed by atoms with Gasteiger partial charge in [-0.25, -0.2) is 0 Å². The smallest absolute Gasteiger partial charge is 0.224 e. The normalized spacial score (nSPS) is 13.6. The molecule has 102 valence electrons. The molecule has 2 heterocycles. The summed E-state index contributed by atoms with van der Waals surface area (Å²) in [4.78, 5) is 19.7. The molecule has 6 heteroatoms. The molecule has 1 amide bonds. The highest BCUT2D eigenvalue weighted by atomic mass is 79.9. The van der Waals surface area contributed by atoms with E-state index in [-0.39, 0.29) is 5.91 Å². The van der Waals surface area contributed by atoms with Crippen molar-refractivity contribution in [1.82, 2.24) is 9.97 Å². The third-order valence-corrected chi connectivity index (χ3v) is 3.48. The van der Waals surface area contributed by atoms with Gasteiger partial charge >= 0.3 is 0 Å². The third kappa shape index (κ3) is 2.80. The zero-order valence-corrected chi connectivity index (χ0v) is 12.2.